The Balaban J connectivity index is 1.44. The number of anilines is 3. The summed E-state index contributed by atoms with van der Waals surface area (Å²) in [6.45, 7) is 4.36. The molecule has 0 amide bonds. The molecule has 0 atom stereocenters. The monoisotopic (exact) mass is 367 g/mol. The van der Waals surface area contributed by atoms with E-state index in [-0.39, 0.29) is 0 Å². The lowest BCUT2D eigenvalue weighted by Gasteiger charge is -2.34. The number of aromatic nitrogens is 2. The topological polar surface area (TPSA) is 47.2 Å². The number of piperazine rings is 1. The van der Waals surface area contributed by atoms with E-state index < -0.39 is 0 Å². The number of likely N-dealkylation sites (N-methyl/N-ethyl adjacent to an activating group) is 1. The fourth-order valence-corrected chi connectivity index (χ4v) is 3.41. The van der Waals surface area contributed by atoms with E-state index in [0.29, 0.717) is 5.02 Å². The van der Waals surface area contributed by atoms with Crippen molar-refractivity contribution in [3.63, 3.8) is 0 Å². The van der Waals surface area contributed by atoms with E-state index in [1.54, 1.807) is 0 Å². The Kier molecular flexibility index (Phi) is 4.82. The molecule has 5 nitrogen and oxygen atoms in total. The van der Waals surface area contributed by atoms with Gasteiger partial charge in [0.25, 0.3) is 0 Å². The van der Waals surface area contributed by atoms with Crippen LogP contribution in [0.1, 0.15) is 0 Å². The lowest BCUT2D eigenvalue weighted by atomic mass is 10.1. The Morgan fingerprint density at radius 2 is 1.73 bits per heavy atom. The van der Waals surface area contributed by atoms with Gasteiger partial charge in [0.05, 0.1) is 5.69 Å². The van der Waals surface area contributed by atoms with E-state index in [9.17, 15) is 0 Å². The van der Waals surface area contributed by atoms with Gasteiger partial charge >= 0.3 is 0 Å². The van der Waals surface area contributed by atoms with Gasteiger partial charge in [-0.15, -0.1) is 0 Å². The molecule has 0 radical (unpaired) electrons. The minimum Gasteiger partial charge on any atom is -0.369 e. The summed E-state index contributed by atoms with van der Waals surface area (Å²) >= 11 is 6.25. The Morgan fingerprint density at radius 3 is 2.46 bits per heavy atom. The van der Waals surface area contributed by atoms with Crippen LogP contribution in [0, 0.1) is 0 Å². The van der Waals surface area contributed by atoms with Crippen molar-refractivity contribution < 1.29 is 0 Å². The molecule has 1 saturated heterocycles. The number of hydrogen-bond donors (Lipinski definition) is 2. The van der Waals surface area contributed by atoms with Gasteiger partial charge in [-0.05, 0) is 37.4 Å². The number of hydrogen-bond acceptors (Lipinski definition) is 4. The van der Waals surface area contributed by atoms with Crippen molar-refractivity contribution in [1.82, 2.24) is 15.1 Å². The zero-order valence-corrected chi connectivity index (χ0v) is 15.5. The largest absolute Gasteiger partial charge is 0.369 e. The van der Waals surface area contributed by atoms with Crippen LogP contribution in [-0.2, 0) is 0 Å². The summed E-state index contributed by atoms with van der Waals surface area (Å²) in [5.74, 6) is 0.771. The predicted octanol–water partition coefficient (Wildman–Crippen LogP) is 4.23. The fourth-order valence-electron chi connectivity index (χ4n) is 3.17. The van der Waals surface area contributed by atoms with E-state index in [2.05, 4.69) is 56.6 Å². The van der Waals surface area contributed by atoms with Gasteiger partial charge in [0.1, 0.15) is 0 Å². The average Bonchev–Trinajstić information content (AvgIpc) is 3.12. The first-order valence-corrected chi connectivity index (χ1v) is 9.18. The predicted molar refractivity (Wildman–Crippen MR) is 108 cm³/mol. The van der Waals surface area contributed by atoms with Gasteiger partial charge in [0.15, 0.2) is 5.82 Å². The maximum atomic E-state index is 6.25. The normalized spacial score (nSPS) is 15.2. The third-order valence-electron chi connectivity index (χ3n) is 4.75. The Hall–Kier alpha value is -2.50. The zero-order valence-electron chi connectivity index (χ0n) is 14.7. The first kappa shape index (κ1) is 16.9. The summed E-state index contributed by atoms with van der Waals surface area (Å²) in [5, 5.41) is 11.4. The third kappa shape index (κ3) is 3.69. The van der Waals surface area contributed by atoms with E-state index >= 15 is 0 Å². The maximum absolute atomic E-state index is 6.25. The second kappa shape index (κ2) is 7.40. The summed E-state index contributed by atoms with van der Waals surface area (Å²) in [7, 11) is 2.17. The van der Waals surface area contributed by atoms with Crippen LogP contribution in [0.3, 0.4) is 0 Å². The molecule has 0 spiro atoms. The number of rotatable bonds is 4. The van der Waals surface area contributed by atoms with Crippen molar-refractivity contribution >= 4 is 28.8 Å². The number of halogens is 1. The minimum absolute atomic E-state index is 0.708. The molecule has 0 aliphatic carbocycles. The van der Waals surface area contributed by atoms with Gasteiger partial charge in [0.2, 0.25) is 0 Å². The van der Waals surface area contributed by atoms with Crippen molar-refractivity contribution in [2.45, 2.75) is 0 Å². The number of H-pyrrole nitrogens is 1. The van der Waals surface area contributed by atoms with E-state index in [1.807, 2.05) is 30.3 Å². The third-order valence-corrected chi connectivity index (χ3v) is 5.08. The number of nitrogens with one attached hydrogen (secondary N) is 2. The second-order valence-electron chi connectivity index (χ2n) is 6.61. The highest BCUT2D eigenvalue weighted by molar-refractivity contribution is 6.33. The van der Waals surface area contributed by atoms with Gasteiger partial charge in [-0.25, -0.2) is 0 Å². The lowest BCUT2D eigenvalue weighted by Crippen LogP contribution is -2.44. The van der Waals surface area contributed by atoms with Crippen LogP contribution in [0.4, 0.5) is 17.2 Å². The van der Waals surface area contributed by atoms with Crippen molar-refractivity contribution in [1.29, 1.82) is 0 Å². The molecule has 1 aliphatic rings. The van der Waals surface area contributed by atoms with Crippen molar-refractivity contribution in [2.75, 3.05) is 43.4 Å². The molecule has 6 heteroatoms. The molecule has 0 bridgehead atoms. The van der Waals surface area contributed by atoms with Crippen molar-refractivity contribution in [3.05, 3.63) is 59.6 Å². The van der Waals surface area contributed by atoms with Gasteiger partial charge in [-0.1, -0.05) is 29.8 Å². The van der Waals surface area contributed by atoms with Crippen LogP contribution in [0.5, 0.6) is 0 Å². The van der Waals surface area contributed by atoms with Crippen LogP contribution < -0.4 is 10.2 Å². The Bertz CT molecular complexity index is 866. The molecule has 26 heavy (non-hydrogen) atoms. The second-order valence-corrected chi connectivity index (χ2v) is 7.02. The highest BCUT2D eigenvalue weighted by Crippen LogP contribution is 2.28. The van der Waals surface area contributed by atoms with E-state index in [4.69, 9.17) is 11.6 Å². The summed E-state index contributed by atoms with van der Waals surface area (Å²) in [6, 6.07) is 18.2. The first-order valence-electron chi connectivity index (χ1n) is 8.80. The van der Waals surface area contributed by atoms with Crippen LogP contribution >= 0.6 is 11.6 Å². The number of nitrogens with zero attached hydrogens (tertiary/aromatic N) is 3. The molecule has 3 aromatic rings. The minimum atomic E-state index is 0.708. The summed E-state index contributed by atoms with van der Waals surface area (Å²) in [5.41, 5.74) is 4.12. The molecule has 2 aromatic carbocycles. The van der Waals surface area contributed by atoms with E-state index in [0.717, 1.165) is 48.9 Å². The Morgan fingerprint density at radius 1 is 1.00 bits per heavy atom. The number of benzene rings is 2. The van der Waals surface area contributed by atoms with Gasteiger partial charge < -0.3 is 15.1 Å². The van der Waals surface area contributed by atoms with Gasteiger partial charge in [-0.3, -0.25) is 5.10 Å². The maximum Gasteiger partial charge on any atom is 0.152 e. The smallest absolute Gasteiger partial charge is 0.152 e. The fraction of sp³-hybridized carbons (Fsp3) is 0.250. The van der Waals surface area contributed by atoms with Gasteiger partial charge in [0, 0.05) is 54.2 Å². The molecule has 1 aliphatic heterocycles. The Labute approximate surface area is 158 Å². The molecular formula is C20H22ClN5. The van der Waals surface area contributed by atoms with Crippen molar-refractivity contribution in [3.8, 4) is 11.3 Å². The SMILES string of the molecule is CN1CCN(c2ccc(Nc3cc(-c4ccccc4Cl)[nH]n3)cc2)CC1. The highest BCUT2D eigenvalue weighted by Gasteiger charge is 2.14. The van der Waals surface area contributed by atoms with Crippen LogP contribution in [0.15, 0.2) is 54.6 Å². The van der Waals surface area contributed by atoms with Crippen molar-refractivity contribution in [2.24, 2.45) is 0 Å². The molecule has 2 N–H and O–H groups in total. The molecule has 0 unspecified atom stereocenters. The first-order chi connectivity index (χ1) is 12.7. The molecule has 2 heterocycles. The van der Waals surface area contributed by atoms with Crippen LogP contribution in [-0.4, -0.2) is 48.3 Å². The van der Waals surface area contributed by atoms with Crippen LogP contribution in [0.25, 0.3) is 11.3 Å². The summed E-state index contributed by atoms with van der Waals surface area (Å²) in [6.07, 6.45) is 0. The molecular weight excluding hydrogens is 346 g/mol. The lowest BCUT2D eigenvalue weighted by molar-refractivity contribution is 0.313. The molecule has 4 rings (SSSR count). The summed E-state index contributed by atoms with van der Waals surface area (Å²) < 4.78 is 0. The average molecular weight is 368 g/mol. The molecule has 0 saturated carbocycles. The zero-order chi connectivity index (χ0) is 17.9. The summed E-state index contributed by atoms with van der Waals surface area (Å²) in [4.78, 5) is 4.79. The molecule has 1 fully saturated rings. The molecule has 1 aromatic heterocycles. The van der Waals surface area contributed by atoms with Gasteiger partial charge in [-0.2, -0.15) is 5.10 Å². The number of aromatic amines is 1. The quantitative estimate of drug-likeness (QED) is 0.724. The standard InChI is InChI=1S/C20H22ClN5/c1-25-10-12-26(13-11-25)16-8-6-15(7-9-16)22-20-14-19(23-24-20)17-4-2-3-5-18(17)21/h2-9,14H,10-13H2,1H3,(H2,22,23,24). The van der Waals surface area contributed by atoms with E-state index in [1.165, 1.54) is 5.69 Å². The van der Waals surface area contributed by atoms with Crippen LogP contribution in [0.2, 0.25) is 5.02 Å². The molecule has 134 valence electrons. The highest BCUT2D eigenvalue weighted by atomic mass is 35.5.